The van der Waals surface area contributed by atoms with Crippen LogP contribution >= 0.6 is 15.9 Å². The van der Waals surface area contributed by atoms with Crippen LogP contribution in [0.4, 0.5) is 5.69 Å². The number of carbonyl (C=O) groups excluding carboxylic acids is 2. The van der Waals surface area contributed by atoms with E-state index in [0.717, 1.165) is 16.7 Å². The normalized spacial score (nSPS) is 19.6. The van der Waals surface area contributed by atoms with Crippen LogP contribution in [0.3, 0.4) is 0 Å². The van der Waals surface area contributed by atoms with Gasteiger partial charge in [-0.1, -0.05) is 0 Å². The Morgan fingerprint density at radius 2 is 2.22 bits per heavy atom. The first-order valence-corrected chi connectivity index (χ1v) is 6.65. The number of benzene rings is 1. The highest BCUT2D eigenvalue weighted by atomic mass is 79.9. The van der Waals surface area contributed by atoms with E-state index in [-0.39, 0.29) is 17.7 Å². The topological polar surface area (TPSA) is 49.4 Å². The van der Waals surface area contributed by atoms with E-state index in [2.05, 4.69) is 21.2 Å². The standard InChI is InChI=1S/C13H15BrN2O2/c1-8-13(18)15-5-6-16(8)12-4-3-10(9(2)17)7-11(12)14/h3-4,7-8H,5-6H2,1-2H3,(H,15,18). The molecule has 1 saturated heterocycles. The Morgan fingerprint density at radius 1 is 1.50 bits per heavy atom. The molecule has 1 unspecified atom stereocenters. The minimum atomic E-state index is -0.196. The monoisotopic (exact) mass is 310 g/mol. The van der Waals surface area contributed by atoms with Gasteiger partial charge in [-0.3, -0.25) is 9.59 Å². The summed E-state index contributed by atoms with van der Waals surface area (Å²) in [6.45, 7) is 4.83. The summed E-state index contributed by atoms with van der Waals surface area (Å²) >= 11 is 3.47. The number of halogens is 1. The number of hydrogen-bond donors (Lipinski definition) is 1. The van der Waals surface area contributed by atoms with E-state index in [1.165, 1.54) is 0 Å². The van der Waals surface area contributed by atoms with Gasteiger partial charge in [0.05, 0.1) is 5.69 Å². The molecule has 18 heavy (non-hydrogen) atoms. The van der Waals surface area contributed by atoms with Gasteiger partial charge in [0.1, 0.15) is 6.04 Å². The van der Waals surface area contributed by atoms with Gasteiger partial charge in [0.2, 0.25) is 5.91 Å². The Hall–Kier alpha value is -1.36. The molecule has 1 atom stereocenters. The van der Waals surface area contributed by atoms with Gasteiger partial charge in [-0.15, -0.1) is 0 Å². The third-order valence-corrected chi connectivity index (χ3v) is 3.80. The molecule has 1 aliphatic rings. The van der Waals surface area contributed by atoms with Gasteiger partial charge < -0.3 is 10.2 Å². The van der Waals surface area contributed by atoms with E-state index in [1.807, 2.05) is 17.9 Å². The molecule has 0 aliphatic carbocycles. The van der Waals surface area contributed by atoms with Crippen molar-refractivity contribution < 1.29 is 9.59 Å². The molecule has 0 radical (unpaired) electrons. The Morgan fingerprint density at radius 3 is 2.83 bits per heavy atom. The number of nitrogens with one attached hydrogen (secondary N) is 1. The number of rotatable bonds is 2. The number of ketones is 1. The lowest BCUT2D eigenvalue weighted by molar-refractivity contribution is -0.122. The Labute approximate surface area is 114 Å². The molecule has 0 spiro atoms. The minimum absolute atomic E-state index is 0.0313. The summed E-state index contributed by atoms with van der Waals surface area (Å²) in [4.78, 5) is 25.0. The quantitative estimate of drug-likeness (QED) is 0.850. The fourth-order valence-corrected chi connectivity index (χ4v) is 2.68. The molecular formula is C13H15BrN2O2. The Bertz CT molecular complexity index is 502. The number of piperazine rings is 1. The third kappa shape index (κ3) is 2.41. The van der Waals surface area contributed by atoms with Crippen molar-refractivity contribution in [3.05, 3.63) is 28.2 Å². The SMILES string of the molecule is CC(=O)c1ccc(N2CCNC(=O)C2C)c(Br)c1. The molecule has 5 heteroatoms. The largest absolute Gasteiger partial charge is 0.357 e. The molecule has 2 rings (SSSR count). The lowest BCUT2D eigenvalue weighted by atomic mass is 10.1. The third-order valence-electron chi connectivity index (χ3n) is 3.16. The highest BCUT2D eigenvalue weighted by Crippen LogP contribution is 2.29. The zero-order valence-corrected chi connectivity index (χ0v) is 12.0. The highest BCUT2D eigenvalue weighted by Gasteiger charge is 2.26. The fourth-order valence-electron chi connectivity index (χ4n) is 2.07. The molecule has 1 aromatic rings. The predicted molar refractivity (Wildman–Crippen MR) is 74.0 cm³/mol. The van der Waals surface area contributed by atoms with Crippen LogP contribution < -0.4 is 10.2 Å². The van der Waals surface area contributed by atoms with Crippen molar-refractivity contribution in [1.29, 1.82) is 0 Å². The van der Waals surface area contributed by atoms with Gasteiger partial charge in [-0.2, -0.15) is 0 Å². The van der Waals surface area contributed by atoms with Crippen molar-refractivity contribution in [3.8, 4) is 0 Å². The van der Waals surface area contributed by atoms with Crippen molar-refractivity contribution >= 4 is 33.3 Å². The van der Waals surface area contributed by atoms with E-state index in [9.17, 15) is 9.59 Å². The minimum Gasteiger partial charge on any atom is -0.357 e. The van der Waals surface area contributed by atoms with Gasteiger partial charge in [-0.05, 0) is 48.0 Å². The first-order chi connectivity index (χ1) is 8.50. The summed E-state index contributed by atoms with van der Waals surface area (Å²) < 4.78 is 0.844. The summed E-state index contributed by atoms with van der Waals surface area (Å²) in [5.74, 6) is 0.0653. The number of amides is 1. The molecule has 1 heterocycles. The zero-order chi connectivity index (χ0) is 13.3. The van der Waals surface area contributed by atoms with Gasteiger partial charge in [-0.25, -0.2) is 0 Å². The Balaban J connectivity index is 2.33. The molecule has 1 N–H and O–H groups in total. The molecule has 1 aromatic carbocycles. The van der Waals surface area contributed by atoms with Crippen LogP contribution in [0.15, 0.2) is 22.7 Å². The van der Waals surface area contributed by atoms with Crippen LogP contribution in [0.1, 0.15) is 24.2 Å². The maximum absolute atomic E-state index is 11.6. The van der Waals surface area contributed by atoms with E-state index in [4.69, 9.17) is 0 Å². The number of carbonyl (C=O) groups is 2. The van der Waals surface area contributed by atoms with Gasteiger partial charge in [0.15, 0.2) is 5.78 Å². The van der Waals surface area contributed by atoms with Crippen LogP contribution in [0.2, 0.25) is 0 Å². The fraction of sp³-hybridized carbons (Fsp3) is 0.385. The summed E-state index contributed by atoms with van der Waals surface area (Å²) in [5, 5.41) is 2.83. The van der Waals surface area contributed by atoms with Crippen LogP contribution in [0.5, 0.6) is 0 Å². The molecular weight excluding hydrogens is 296 g/mol. The van der Waals surface area contributed by atoms with E-state index < -0.39 is 0 Å². The summed E-state index contributed by atoms with van der Waals surface area (Å²) in [5.41, 5.74) is 1.61. The molecule has 4 nitrogen and oxygen atoms in total. The Kier molecular flexibility index (Phi) is 3.71. The number of hydrogen-bond acceptors (Lipinski definition) is 3. The molecule has 0 aromatic heterocycles. The molecule has 0 saturated carbocycles. The smallest absolute Gasteiger partial charge is 0.242 e. The lowest BCUT2D eigenvalue weighted by Gasteiger charge is -2.35. The lowest BCUT2D eigenvalue weighted by Crippen LogP contribution is -2.54. The summed E-state index contributed by atoms with van der Waals surface area (Å²) in [7, 11) is 0. The predicted octanol–water partition coefficient (Wildman–Crippen LogP) is 1.98. The van der Waals surface area contributed by atoms with Crippen LogP contribution in [0.25, 0.3) is 0 Å². The average Bonchev–Trinajstić information content (AvgIpc) is 2.33. The molecule has 1 amide bonds. The van der Waals surface area contributed by atoms with Crippen molar-refractivity contribution in [2.24, 2.45) is 0 Å². The van der Waals surface area contributed by atoms with Gasteiger partial charge in [0.25, 0.3) is 0 Å². The number of nitrogens with zero attached hydrogens (tertiary/aromatic N) is 1. The molecule has 1 aliphatic heterocycles. The first-order valence-electron chi connectivity index (χ1n) is 5.85. The maximum atomic E-state index is 11.6. The van der Waals surface area contributed by atoms with E-state index >= 15 is 0 Å². The van der Waals surface area contributed by atoms with Crippen molar-refractivity contribution in [3.63, 3.8) is 0 Å². The summed E-state index contributed by atoms with van der Waals surface area (Å²) in [6, 6.07) is 5.28. The van der Waals surface area contributed by atoms with Crippen molar-refractivity contribution in [1.82, 2.24) is 5.32 Å². The van der Waals surface area contributed by atoms with Gasteiger partial charge in [0, 0.05) is 23.1 Å². The van der Waals surface area contributed by atoms with Crippen molar-refractivity contribution in [2.45, 2.75) is 19.9 Å². The second-order valence-electron chi connectivity index (χ2n) is 4.38. The molecule has 0 bridgehead atoms. The second kappa shape index (κ2) is 5.10. The maximum Gasteiger partial charge on any atom is 0.242 e. The highest BCUT2D eigenvalue weighted by molar-refractivity contribution is 9.10. The zero-order valence-electron chi connectivity index (χ0n) is 10.4. The van der Waals surface area contributed by atoms with Crippen molar-refractivity contribution in [2.75, 3.05) is 18.0 Å². The first kappa shape index (κ1) is 13.1. The second-order valence-corrected chi connectivity index (χ2v) is 5.24. The van der Waals surface area contributed by atoms with E-state index in [0.29, 0.717) is 12.1 Å². The van der Waals surface area contributed by atoms with Gasteiger partial charge >= 0.3 is 0 Å². The molecule has 96 valence electrons. The van der Waals surface area contributed by atoms with Crippen LogP contribution in [-0.4, -0.2) is 30.8 Å². The van der Waals surface area contributed by atoms with E-state index in [1.54, 1.807) is 19.1 Å². The van der Waals surface area contributed by atoms with Crippen LogP contribution in [0, 0.1) is 0 Å². The molecule has 1 fully saturated rings. The number of Topliss-reactive ketones (excluding diaryl/α,β-unsaturated/α-hetero) is 1. The van der Waals surface area contributed by atoms with Crippen LogP contribution in [-0.2, 0) is 4.79 Å². The average molecular weight is 311 g/mol. The number of anilines is 1. The summed E-state index contributed by atoms with van der Waals surface area (Å²) in [6.07, 6.45) is 0.